The van der Waals surface area contributed by atoms with Crippen LogP contribution in [0.2, 0.25) is 0 Å². The Labute approximate surface area is 114 Å². The normalized spacial score (nSPS) is 10.1. The monoisotopic (exact) mass is 278 g/mol. The van der Waals surface area contributed by atoms with Gasteiger partial charge in [0.25, 0.3) is 5.91 Å². The van der Waals surface area contributed by atoms with Gasteiger partial charge in [-0.15, -0.1) is 0 Å². The van der Waals surface area contributed by atoms with Crippen molar-refractivity contribution in [2.75, 3.05) is 6.61 Å². The average Bonchev–Trinajstić information content (AvgIpc) is 2.43. The predicted molar refractivity (Wildman–Crippen MR) is 67.9 cm³/mol. The van der Waals surface area contributed by atoms with Crippen LogP contribution in [0.3, 0.4) is 0 Å². The molecule has 0 bridgehead atoms. The third kappa shape index (κ3) is 4.31. The lowest BCUT2D eigenvalue weighted by atomic mass is 10.3. The summed E-state index contributed by atoms with van der Waals surface area (Å²) >= 11 is 0. The van der Waals surface area contributed by atoms with Gasteiger partial charge < -0.3 is 10.1 Å². The van der Waals surface area contributed by atoms with E-state index >= 15 is 0 Å². The first-order valence-corrected chi connectivity index (χ1v) is 5.88. The molecule has 0 unspecified atom stereocenters. The molecule has 0 atom stereocenters. The summed E-state index contributed by atoms with van der Waals surface area (Å²) in [6.07, 6.45) is 3.24. The van der Waals surface area contributed by atoms with Crippen LogP contribution in [0.4, 0.5) is 8.78 Å². The molecule has 0 spiro atoms. The SMILES string of the molecule is O=C(COc1cc(F)cc(F)c1)NCc1ccncc1. The minimum absolute atomic E-state index is 0.0263. The smallest absolute Gasteiger partial charge is 0.258 e. The van der Waals surface area contributed by atoms with Gasteiger partial charge in [0, 0.05) is 37.1 Å². The third-order valence-corrected chi connectivity index (χ3v) is 2.45. The number of amides is 1. The maximum atomic E-state index is 12.9. The summed E-state index contributed by atoms with van der Waals surface area (Å²) in [5.41, 5.74) is 0.894. The number of nitrogens with zero attached hydrogens (tertiary/aromatic N) is 1. The number of carbonyl (C=O) groups excluding carboxylic acids is 1. The molecule has 1 aromatic carbocycles. The fraction of sp³-hybridized carbons (Fsp3) is 0.143. The number of pyridine rings is 1. The van der Waals surface area contributed by atoms with Crippen molar-refractivity contribution in [2.24, 2.45) is 0 Å². The second kappa shape index (κ2) is 6.60. The third-order valence-electron chi connectivity index (χ3n) is 2.45. The standard InChI is InChI=1S/C14H12F2N2O2/c15-11-5-12(16)7-13(6-11)20-9-14(19)18-8-10-1-3-17-4-2-10/h1-7H,8-9H2,(H,18,19). The van der Waals surface area contributed by atoms with Gasteiger partial charge in [-0.25, -0.2) is 8.78 Å². The second-order valence-corrected chi connectivity index (χ2v) is 4.03. The number of hydrogen-bond donors (Lipinski definition) is 1. The van der Waals surface area contributed by atoms with Crippen molar-refractivity contribution in [1.29, 1.82) is 0 Å². The molecule has 0 radical (unpaired) electrons. The van der Waals surface area contributed by atoms with Crippen LogP contribution >= 0.6 is 0 Å². The molecule has 1 heterocycles. The summed E-state index contributed by atoms with van der Waals surface area (Å²) in [6, 6.07) is 6.29. The number of carbonyl (C=O) groups is 1. The lowest BCUT2D eigenvalue weighted by Crippen LogP contribution is -2.28. The highest BCUT2D eigenvalue weighted by Gasteiger charge is 2.05. The first-order chi connectivity index (χ1) is 9.63. The summed E-state index contributed by atoms with van der Waals surface area (Å²) < 4.78 is 30.8. The van der Waals surface area contributed by atoms with E-state index in [1.54, 1.807) is 24.5 Å². The van der Waals surface area contributed by atoms with Gasteiger partial charge in [-0.2, -0.15) is 0 Å². The number of nitrogens with one attached hydrogen (secondary N) is 1. The van der Waals surface area contributed by atoms with Crippen LogP contribution in [0.5, 0.6) is 5.75 Å². The Balaban J connectivity index is 1.80. The Hall–Kier alpha value is -2.50. The van der Waals surface area contributed by atoms with E-state index in [2.05, 4.69) is 10.3 Å². The fourth-order valence-electron chi connectivity index (χ4n) is 1.51. The van der Waals surface area contributed by atoms with Crippen LogP contribution < -0.4 is 10.1 Å². The molecule has 6 heteroatoms. The summed E-state index contributed by atoms with van der Waals surface area (Å²) in [6.45, 7) is 0.0240. The predicted octanol–water partition coefficient (Wildman–Crippen LogP) is 2.05. The van der Waals surface area contributed by atoms with Crippen LogP contribution in [-0.2, 0) is 11.3 Å². The Morgan fingerprint density at radius 2 is 1.80 bits per heavy atom. The number of halogens is 2. The molecule has 2 aromatic rings. The molecular weight excluding hydrogens is 266 g/mol. The topological polar surface area (TPSA) is 51.2 Å². The molecular formula is C14H12F2N2O2. The maximum absolute atomic E-state index is 12.9. The zero-order valence-electron chi connectivity index (χ0n) is 10.5. The van der Waals surface area contributed by atoms with Crippen molar-refractivity contribution >= 4 is 5.91 Å². The zero-order chi connectivity index (χ0) is 14.4. The Kier molecular flexibility index (Phi) is 4.60. The van der Waals surface area contributed by atoms with Gasteiger partial charge in [-0.1, -0.05) is 0 Å². The Bertz CT molecular complexity index is 571. The van der Waals surface area contributed by atoms with Gasteiger partial charge in [0.2, 0.25) is 0 Å². The van der Waals surface area contributed by atoms with Gasteiger partial charge in [0.15, 0.2) is 6.61 Å². The molecule has 1 N–H and O–H groups in total. The number of aromatic nitrogens is 1. The second-order valence-electron chi connectivity index (χ2n) is 4.03. The molecule has 1 amide bonds. The van der Waals surface area contributed by atoms with Gasteiger partial charge in [0.1, 0.15) is 17.4 Å². The highest BCUT2D eigenvalue weighted by Crippen LogP contribution is 2.14. The lowest BCUT2D eigenvalue weighted by Gasteiger charge is -2.07. The van der Waals surface area contributed by atoms with E-state index < -0.39 is 11.6 Å². The van der Waals surface area contributed by atoms with Gasteiger partial charge >= 0.3 is 0 Å². The van der Waals surface area contributed by atoms with Crippen molar-refractivity contribution in [3.63, 3.8) is 0 Å². The lowest BCUT2D eigenvalue weighted by molar-refractivity contribution is -0.123. The van der Waals surface area contributed by atoms with E-state index in [-0.39, 0.29) is 18.3 Å². The van der Waals surface area contributed by atoms with Crippen LogP contribution in [0.15, 0.2) is 42.7 Å². The van der Waals surface area contributed by atoms with E-state index in [1.165, 1.54) is 0 Å². The van der Waals surface area contributed by atoms with Crippen LogP contribution in [0.1, 0.15) is 5.56 Å². The molecule has 0 aliphatic heterocycles. The molecule has 20 heavy (non-hydrogen) atoms. The van der Waals surface area contributed by atoms with E-state index in [9.17, 15) is 13.6 Å². The first-order valence-electron chi connectivity index (χ1n) is 5.88. The zero-order valence-corrected chi connectivity index (χ0v) is 10.5. The number of rotatable bonds is 5. The fourth-order valence-corrected chi connectivity index (χ4v) is 1.51. The van der Waals surface area contributed by atoms with Crippen molar-refractivity contribution in [3.05, 3.63) is 59.9 Å². The molecule has 0 aliphatic rings. The highest BCUT2D eigenvalue weighted by atomic mass is 19.1. The number of hydrogen-bond acceptors (Lipinski definition) is 3. The number of benzene rings is 1. The quantitative estimate of drug-likeness (QED) is 0.910. The van der Waals surface area contributed by atoms with Crippen molar-refractivity contribution < 1.29 is 18.3 Å². The molecule has 2 rings (SSSR count). The minimum atomic E-state index is -0.753. The molecule has 0 aliphatic carbocycles. The molecule has 0 fully saturated rings. The average molecular weight is 278 g/mol. The van der Waals surface area contributed by atoms with Gasteiger partial charge in [0.05, 0.1) is 0 Å². The molecule has 4 nitrogen and oxygen atoms in total. The molecule has 0 saturated heterocycles. The van der Waals surface area contributed by atoms with Crippen molar-refractivity contribution in [1.82, 2.24) is 10.3 Å². The van der Waals surface area contributed by atoms with E-state index in [1.807, 2.05) is 0 Å². The minimum Gasteiger partial charge on any atom is -0.484 e. The molecule has 1 aromatic heterocycles. The summed E-state index contributed by atoms with van der Waals surface area (Å²) in [5, 5.41) is 2.62. The highest BCUT2D eigenvalue weighted by molar-refractivity contribution is 5.77. The number of ether oxygens (including phenoxy) is 1. The van der Waals surface area contributed by atoms with E-state index in [0.717, 1.165) is 23.8 Å². The van der Waals surface area contributed by atoms with Gasteiger partial charge in [-0.05, 0) is 17.7 Å². The van der Waals surface area contributed by atoms with Crippen molar-refractivity contribution in [2.45, 2.75) is 6.54 Å². The summed E-state index contributed by atoms with van der Waals surface area (Å²) in [4.78, 5) is 15.4. The maximum Gasteiger partial charge on any atom is 0.258 e. The van der Waals surface area contributed by atoms with E-state index in [0.29, 0.717) is 6.54 Å². The van der Waals surface area contributed by atoms with Crippen LogP contribution in [-0.4, -0.2) is 17.5 Å². The van der Waals surface area contributed by atoms with E-state index in [4.69, 9.17) is 4.74 Å². The van der Waals surface area contributed by atoms with Crippen LogP contribution in [0, 0.1) is 11.6 Å². The van der Waals surface area contributed by atoms with Crippen LogP contribution in [0.25, 0.3) is 0 Å². The molecule has 0 saturated carbocycles. The van der Waals surface area contributed by atoms with Crippen molar-refractivity contribution in [3.8, 4) is 5.75 Å². The molecule has 104 valence electrons. The Morgan fingerprint density at radius 3 is 2.45 bits per heavy atom. The Morgan fingerprint density at radius 1 is 1.15 bits per heavy atom. The summed E-state index contributed by atoms with van der Waals surface area (Å²) in [7, 11) is 0. The summed E-state index contributed by atoms with van der Waals surface area (Å²) in [5.74, 6) is -1.91. The largest absolute Gasteiger partial charge is 0.484 e. The first kappa shape index (κ1) is 13.9. The van der Waals surface area contributed by atoms with Gasteiger partial charge in [-0.3, -0.25) is 9.78 Å².